The van der Waals surface area contributed by atoms with E-state index in [9.17, 15) is 17.2 Å². The van der Waals surface area contributed by atoms with Gasteiger partial charge in [0, 0.05) is 15.6 Å². The van der Waals surface area contributed by atoms with Crippen LogP contribution in [-0.2, 0) is 10.0 Å². The highest BCUT2D eigenvalue weighted by Gasteiger charge is 2.20. The van der Waals surface area contributed by atoms with Crippen LogP contribution in [0.4, 0.5) is 14.5 Å². The van der Waals surface area contributed by atoms with E-state index in [0.717, 1.165) is 12.1 Å². The van der Waals surface area contributed by atoms with Gasteiger partial charge in [0.2, 0.25) is 0 Å². The molecule has 20 heavy (non-hydrogen) atoms. The smallest absolute Gasteiger partial charge is 0.264 e. The Balaban J connectivity index is 2.43. The van der Waals surface area contributed by atoms with E-state index >= 15 is 0 Å². The summed E-state index contributed by atoms with van der Waals surface area (Å²) < 4.78 is 53.1. The van der Waals surface area contributed by atoms with Gasteiger partial charge in [-0.1, -0.05) is 11.6 Å². The predicted molar refractivity (Wildman–Crippen MR) is 76.3 cm³/mol. The molecule has 1 N–H and O–H groups in total. The number of sulfonamides is 1. The molecule has 2 rings (SSSR count). The Morgan fingerprint density at radius 1 is 1.10 bits per heavy atom. The number of hydrogen-bond acceptors (Lipinski definition) is 2. The number of rotatable bonds is 3. The van der Waals surface area contributed by atoms with Crippen molar-refractivity contribution < 1.29 is 17.2 Å². The van der Waals surface area contributed by atoms with Gasteiger partial charge in [0.1, 0.15) is 16.5 Å². The number of nitrogens with one attached hydrogen (secondary N) is 1. The van der Waals surface area contributed by atoms with Crippen molar-refractivity contribution in [3.05, 3.63) is 57.5 Å². The molecule has 0 atom stereocenters. The molecule has 3 nitrogen and oxygen atoms in total. The van der Waals surface area contributed by atoms with Gasteiger partial charge in [-0.3, -0.25) is 4.72 Å². The lowest BCUT2D eigenvalue weighted by molar-refractivity contribution is 0.551. The van der Waals surface area contributed by atoms with Crippen LogP contribution in [0.5, 0.6) is 0 Å². The first-order chi connectivity index (χ1) is 9.29. The number of anilines is 1. The monoisotopic (exact) mass is 381 g/mol. The second-order valence-electron chi connectivity index (χ2n) is 3.80. The molecular weight excluding hydrogens is 376 g/mol. The lowest BCUT2D eigenvalue weighted by atomic mass is 10.3. The van der Waals surface area contributed by atoms with Crippen LogP contribution in [0.25, 0.3) is 0 Å². The van der Waals surface area contributed by atoms with Gasteiger partial charge in [0.25, 0.3) is 10.0 Å². The molecule has 0 unspecified atom stereocenters. The Morgan fingerprint density at radius 3 is 2.45 bits per heavy atom. The zero-order valence-corrected chi connectivity index (χ0v) is 12.9. The molecule has 8 heteroatoms. The lowest BCUT2D eigenvalue weighted by Gasteiger charge is -2.10. The summed E-state index contributed by atoms with van der Waals surface area (Å²) in [5.41, 5.74) is 0.154. The quantitative estimate of drug-likeness (QED) is 0.865. The van der Waals surface area contributed by atoms with Gasteiger partial charge in [0.15, 0.2) is 0 Å². The number of benzene rings is 2. The fraction of sp³-hybridized carbons (Fsp3) is 0. The second kappa shape index (κ2) is 5.67. The van der Waals surface area contributed by atoms with Crippen LogP contribution in [0.2, 0.25) is 5.02 Å². The highest BCUT2D eigenvalue weighted by molar-refractivity contribution is 9.10. The first-order valence-electron chi connectivity index (χ1n) is 5.22. The van der Waals surface area contributed by atoms with Crippen molar-refractivity contribution >= 4 is 43.2 Å². The van der Waals surface area contributed by atoms with Crippen LogP contribution < -0.4 is 4.72 Å². The van der Waals surface area contributed by atoms with Gasteiger partial charge in [-0.15, -0.1) is 0 Å². The molecule has 0 saturated carbocycles. The summed E-state index contributed by atoms with van der Waals surface area (Å²) >= 11 is 8.91. The third-order valence-corrected chi connectivity index (χ3v) is 4.68. The Bertz CT molecular complexity index is 768. The van der Waals surface area contributed by atoms with Crippen molar-refractivity contribution in [2.45, 2.75) is 4.90 Å². The molecule has 0 saturated heterocycles. The van der Waals surface area contributed by atoms with E-state index in [-0.39, 0.29) is 5.69 Å². The van der Waals surface area contributed by atoms with Crippen LogP contribution in [-0.4, -0.2) is 8.42 Å². The average Bonchev–Trinajstić information content (AvgIpc) is 2.33. The average molecular weight is 383 g/mol. The van der Waals surface area contributed by atoms with E-state index in [2.05, 4.69) is 20.7 Å². The van der Waals surface area contributed by atoms with Crippen molar-refractivity contribution in [3.8, 4) is 0 Å². The summed E-state index contributed by atoms with van der Waals surface area (Å²) in [5, 5.41) is 0.311. The molecule has 0 amide bonds. The first-order valence-corrected chi connectivity index (χ1v) is 7.88. The largest absolute Gasteiger partial charge is 0.278 e. The van der Waals surface area contributed by atoms with E-state index in [4.69, 9.17) is 11.6 Å². The molecule has 0 fully saturated rings. The summed E-state index contributed by atoms with van der Waals surface area (Å²) in [6.07, 6.45) is 0. The molecule has 0 aliphatic heterocycles. The van der Waals surface area contributed by atoms with Crippen molar-refractivity contribution in [3.63, 3.8) is 0 Å². The molecule has 0 radical (unpaired) electrons. The molecule has 0 aliphatic carbocycles. The summed E-state index contributed by atoms with van der Waals surface area (Å²) in [5.74, 6) is -2.03. The Kier molecular flexibility index (Phi) is 4.31. The van der Waals surface area contributed by atoms with Gasteiger partial charge in [-0.05, 0) is 46.3 Å². The molecule has 106 valence electrons. The zero-order valence-electron chi connectivity index (χ0n) is 9.70. The van der Waals surface area contributed by atoms with Crippen LogP contribution in [0.15, 0.2) is 45.8 Å². The minimum Gasteiger partial charge on any atom is -0.278 e. The molecule has 0 bridgehead atoms. The Morgan fingerprint density at radius 2 is 1.80 bits per heavy atom. The SMILES string of the molecule is O=S(=O)(Nc1cc(Cl)ccc1Br)c1ccc(F)cc1F. The maximum atomic E-state index is 13.5. The molecule has 0 heterocycles. The fourth-order valence-corrected chi connectivity index (χ4v) is 3.25. The van der Waals surface area contributed by atoms with Crippen molar-refractivity contribution in [2.24, 2.45) is 0 Å². The van der Waals surface area contributed by atoms with E-state index in [1.807, 2.05) is 0 Å². The second-order valence-corrected chi connectivity index (χ2v) is 6.75. The molecular formula is C12H7BrClF2NO2S. The Labute approximate surface area is 127 Å². The number of halogens is 4. The minimum absolute atomic E-state index is 0.154. The van der Waals surface area contributed by atoms with Crippen LogP contribution in [0, 0.1) is 11.6 Å². The van der Waals surface area contributed by atoms with Crippen LogP contribution >= 0.6 is 27.5 Å². The maximum absolute atomic E-state index is 13.5. The third kappa shape index (κ3) is 3.28. The van der Waals surface area contributed by atoms with Crippen molar-refractivity contribution in [2.75, 3.05) is 4.72 Å². The van der Waals surface area contributed by atoms with Gasteiger partial charge in [-0.25, -0.2) is 17.2 Å². The summed E-state index contributed by atoms with van der Waals surface area (Å²) in [6, 6.07) is 6.69. The number of hydrogen-bond donors (Lipinski definition) is 1. The highest BCUT2D eigenvalue weighted by Crippen LogP contribution is 2.28. The normalized spacial score (nSPS) is 11.4. The van der Waals surface area contributed by atoms with Crippen molar-refractivity contribution in [1.29, 1.82) is 0 Å². The lowest BCUT2D eigenvalue weighted by Crippen LogP contribution is -2.15. The van der Waals surface area contributed by atoms with Gasteiger partial charge in [-0.2, -0.15) is 0 Å². The maximum Gasteiger partial charge on any atom is 0.264 e. The van der Waals surface area contributed by atoms with Gasteiger partial charge in [0.05, 0.1) is 5.69 Å². The third-order valence-electron chi connectivity index (χ3n) is 2.36. The first kappa shape index (κ1) is 15.2. The Hall–Kier alpha value is -1.18. The van der Waals surface area contributed by atoms with E-state index in [1.54, 1.807) is 12.1 Å². The molecule has 0 spiro atoms. The topological polar surface area (TPSA) is 46.2 Å². The van der Waals surface area contributed by atoms with Gasteiger partial charge >= 0.3 is 0 Å². The summed E-state index contributed by atoms with van der Waals surface area (Å²) in [4.78, 5) is -0.647. The minimum atomic E-state index is -4.18. The van der Waals surface area contributed by atoms with E-state index in [0.29, 0.717) is 15.6 Å². The molecule has 2 aromatic rings. The van der Waals surface area contributed by atoms with Crippen LogP contribution in [0.3, 0.4) is 0 Å². The fourth-order valence-electron chi connectivity index (χ4n) is 1.47. The molecule has 2 aromatic carbocycles. The van der Waals surface area contributed by atoms with Crippen molar-refractivity contribution in [1.82, 2.24) is 0 Å². The molecule has 0 aliphatic rings. The zero-order chi connectivity index (χ0) is 14.9. The predicted octanol–water partition coefficient (Wildman–Crippen LogP) is 4.18. The summed E-state index contributed by atoms with van der Waals surface area (Å²) in [7, 11) is -4.18. The molecule has 0 aromatic heterocycles. The van der Waals surface area contributed by atoms with Gasteiger partial charge < -0.3 is 0 Å². The van der Waals surface area contributed by atoms with E-state index < -0.39 is 26.6 Å². The van der Waals surface area contributed by atoms with Crippen LogP contribution in [0.1, 0.15) is 0 Å². The summed E-state index contributed by atoms with van der Waals surface area (Å²) in [6.45, 7) is 0. The highest BCUT2D eigenvalue weighted by atomic mass is 79.9. The standard InChI is InChI=1S/C12H7BrClF2NO2S/c13-9-3-1-7(14)5-11(9)17-20(18,19)12-4-2-8(15)6-10(12)16/h1-6,17H. The van der Waals surface area contributed by atoms with E-state index in [1.165, 1.54) is 6.07 Å².